The standard InChI is InChI=1S/C17H27ClN2O/c1-4-8-19-13(3)16-7-6-14(11-17(16)18)20-9-10-21-15(5-2)12-20/h6-7,11,13,15,19H,4-5,8-10,12H2,1-3H3. The fraction of sp³-hybridized carbons (Fsp3) is 0.647. The van der Waals surface area contributed by atoms with Gasteiger partial charge in [0.15, 0.2) is 0 Å². The lowest BCUT2D eigenvalue weighted by atomic mass is 10.1. The van der Waals surface area contributed by atoms with E-state index >= 15 is 0 Å². The van der Waals surface area contributed by atoms with E-state index in [2.05, 4.69) is 49.2 Å². The Morgan fingerprint density at radius 1 is 1.43 bits per heavy atom. The Balaban J connectivity index is 2.07. The zero-order valence-corrected chi connectivity index (χ0v) is 14.1. The van der Waals surface area contributed by atoms with Gasteiger partial charge in [-0.3, -0.25) is 0 Å². The van der Waals surface area contributed by atoms with E-state index in [1.807, 2.05) is 0 Å². The summed E-state index contributed by atoms with van der Waals surface area (Å²) in [6.07, 6.45) is 2.52. The molecule has 21 heavy (non-hydrogen) atoms. The summed E-state index contributed by atoms with van der Waals surface area (Å²) in [6, 6.07) is 6.73. The number of anilines is 1. The first-order chi connectivity index (χ1) is 10.2. The van der Waals surface area contributed by atoms with Crippen molar-refractivity contribution in [2.24, 2.45) is 0 Å². The van der Waals surface area contributed by atoms with Crippen molar-refractivity contribution >= 4 is 17.3 Å². The van der Waals surface area contributed by atoms with Gasteiger partial charge in [0.2, 0.25) is 0 Å². The van der Waals surface area contributed by atoms with Crippen LogP contribution in [0.2, 0.25) is 5.02 Å². The number of benzene rings is 1. The Kier molecular flexibility index (Phi) is 6.34. The van der Waals surface area contributed by atoms with E-state index in [0.717, 1.165) is 44.1 Å². The molecule has 0 saturated carbocycles. The van der Waals surface area contributed by atoms with Crippen molar-refractivity contribution in [3.63, 3.8) is 0 Å². The number of nitrogens with zero attached hydrogens (tertiary/aromatic N) is 1. The first-order valence-electron chi connectivity index (χ1n) is 8.05. The maximum Gasteiger partial charge on any atom is 0.0748 e. The first kappa shape index (κ1) is 16.6. The fourth-order valence-electron chi connectivity index (χ4n) is 2.74. The summed E-state index contributed by atoms with van der Waals surface area (Å²) in [6.45, 7) is 10.2. The third-order valence-corrected chi connectivity index (χ3v) is 4.44. The number of ether oxygens (including phenoxy) is 1. The van der Waals surface area contributed by atoms with Crippen LogP contribution in [0.3, 0.4) is 0 Å². The van der Waals surface area contributed by atoms with E-state index in [9.17, 15) is 0 Å². The summed E-state index contributed by atoms with van der Waals surface area (Å²) in [5.41, 5.74) is 2.38. The average molecular weight is 311 g/mol. The summed E-state index contributed by atoms with van der Waals surface area (Å²) in [4.78, 5) is 2.37. The van der Waals surface area contributed by atoms with Crippen molar-refractivity contribution in [1.82, 2.24) is 5.32 Å². The lowest BCUT2D eigenvalue weighted by Crippen LogP contribution is -2.42. The van der Waals surface area contributed by atoms with Crippen LogP contribution in [0.25, 0.3) is 0 Å². The predicted octanol–water partition coefficient (Wildman–Crippen LogP) is 4.02. The van der Waals surface area contributed by atoms with Crippen LogP contribution < -0.4 is 10.2 Å². The molecular weight excluding hydrogens is 284 g/mol. The molecule has 118 valence electrons. The van der Waals surface area contributed by atoms with Crippen LogP contribution in [-0.2, 0) is 4.74 Å². The van der Waals surface area contributed by atoms with Crippen molar-refractivity contribution < 1.29 is 4.74 Å². The van der Waals surface area contributed by atoms with E-state index in [4.69, 9.17) is 16.3 Å². The highest BCUT2D eigenvalue weighted by molar-refractivity contribution is 6.31. The van der Waals surface area contributed by atoms with Crippen LogP contribution in [0.15, 0.2) is 18.2 Å². The molecule has 0 amide bonds. The van der Waals surface area contributed by atoms with Gasteiger partial charge in [0, 0.05) is 29.8 Å². The fourth-order valence-corrected chi connectivity index (χ4v) is 3.07. The Bertz CT molecular complexity index is 452. The second-order valence-corrected chi connectivity index (χ2v) is 6.14. The monoisotopic (exact) mass is 310 g/mol. The minimum absolute atomic E-state index is 0.291. The summed E-state index contributed by atoms with van der Waals surface area (Å²) in [5, 5.41) is 4.34. The number of morpholine rings is 1. The third kappa shape index (κ3) is 4.35. The molecule has 1 heterocycles. The van der Waals surface area contributed by atoms with Gasteiger partial charge in [0.25, 0.3) is 0 Å². The quantitative estimate of drug-likeness (QED) is 0.859. The van der Waals surface area contributed by atoms with Crippen molar-refractivity contribution in [1.29, 1.82) is 0 Å². The van der Waals surface area contributed by atoms with Gasteiger partial charge < -0.3 is 15.0 Å². The van der Waals surface area contributed by atoms with Gasteiger partial charge in [-0.15, -0.1) is 0 Å². The van der Waals surface area contributed by atoms with Gasteiger partial charge >= 0.3 is 0 Å². The van der Waals surface area contributed by atoms with Gasteiger partial charge in [0.1, 0.15) is 0 Å². The molecule has 0 aromatic heterocycles. The molecule has 0 bridgehead atoms. The smallest absolute Gasteiger partial charge is 0.0748 e. The highest BCUT2D eigenvalue weighted by Gasteiger charge is 2.20. The molecule has 4 heteroatoms. The van der Waals surface area contributed by atoms with Gasteiger partial charge in [-0.25, -0.2) is 0 Å². The van der Waals surface area contributed by atoms with Gasteiger partial charge in [0.05, 0.1) is 12.7 Å². The summed E-state index contributed by atoms with van der Waals surface area (Å²) >= 11 is 6.49. The number of rotatable bonds is 6. The van der Waals surface area contributed by atoms with E-state index in [0.29, 0.717) is 12.1 Å². The molecule has 2 atom stereocenters. The maximum absolute atomic E-state index is 6.49. The van der Waals surface area contributed by atoms with Gasteiger partial charge in [-0.05, 0) is 44.0 Å². The van der Waals surface area contributed by atoms with E-state index in [1.54, 1.807) is 0 Å². The topological polar surface area (TPSA) is 24.5 Å². The summed E-state index contributed by atoms with van der Waals surface area (Å²) < 4.78 is 5.73. The van der Waals surface area contributed by atoms with Crippen LogP contribution in [0.5, 0.6) is 0 Å². The van der Waals surface area contributed by atoms with E-state index in [-0.39, 0.29) is 0 Å². The predicted molar refractivity (Wildman–Crippen MR) is 90.4 cm³/mol. The molecule has 0 aliphatic carbocycles. The summed E-state index contributed by atoms with van der Waals surface area (Å²) in [7, 11) is 0. The van der Waals surface area contributed by atoms with Crippen LogP contribution >= 0.6 is 11.6 Å². The molecule has 1 aromatic carbocycles. The Morgan fingerprint density at radius 3 is 2.90 bits per heavy atom. The van der Waals surface area contributed by atoms with Gasteiger partial charge in [-0.2, -0.15) is 0 Å². The maximum atomic E-state index is 6.49. The SMILES string of the molecule is CCCNC(C)c1ccc(N2CCOC(CC)C2)cc1Cl. The molecular formula is C17H27ClN2O. The average Bonchev–Trinajstić information content (AvgIpc) is 2.52. The van der Waals surface area contributed by atoms with Crippen molar-refractivity contribution in [3.05, 3.63) is 28.8 Å². The molecule has 1 saturated heterocycles. The second-order valence-electron chi connectivity index (χ2n) is 5.73. The van der Waals surface area contributed by atoms with Crippen LogP contribution in [0.4, 0.5) is 5.69 Å². The molecule has 1 aliphatic rings. The molecule has 2 rings (SSSR count). The van der Waals surface area contributed by atoms with Crippen molar-refractivity contribution in [2.45, 2.75) is 45.8 Å². The minimum Gasteiger partial charge on any atom is -0.375 e. The molecule has 1 aromatic rings. The molecule has 0 spiro atoms. The highest BCUT2D eigenvalue weighted by atomic mass is 35.5. The molecule has 1 aliphatic heterocycles. The van der Waals surface area contributed by atoms with Crippen LogP contribution in [0, 0.1) is 0 Å². The van der Waals surface area contributed by atoms with Crippen LogP contribution in [-0.4, -0.2) is 32.3 Å². The molecule has 0 radical (unpaired) electrons. The molecule has 1 N–H and O–H groups in total. The van der Waals surface area contributed by atoms with E-state index < -0.39 is 0 Å². The van der Waals surface area contributed by atoms with E-state index in [1.165, 1.54) is 11.3 Å². The molecule has 1 fully saturated rings. The van der Waals surface area contributed by atoms with Crippen LogP contribution in [0.1, 0.15) is 45.2 Å². The number of halogens is 1. The lowest BCUT2D eigenvalue weighted by Gasteiger charge is -2.34. The highest BCUT2D eigenvalue weighted by Crippen LogP contribution is 2.29. The van der Waals surface area contributed by atoms with Crippen molar-refractivity contribution in [2.75, 3.05) is 31.1 Å². The lowest BCUT2D eigenvalue weighted by molar-refractivity contribution is 0.0384. The Morgan fingerprint density at radius 2 is 2.24 bits per heavy atom. The number of hydrogen-bond acceptors (Lipinski definition) is 3. The normalized spacial score (nSPS) is 20.6. The van der Waals surface area contributed by atoms with Gasteiger partial charge in [-0.1, -0.05) is 31.5 Å². The number of nitrogens with one attached hydrogen (secondary N) is 1. The summed E-state index contributed by atoms with van der Waals surface area (Å²) in [5.74, 6) is 0. The van der Waals surface area contributed by atoms with Crippen molar-refractivity contribution in [3.8, 4) is 0 Å². The number of hydrogen-bond donors (Lipinski definition) is 1. The molecule has 3 nitrogen and oxygen atoms in total. The molecule has 2 unspecified atom stereocenters. The third-order valence-electron chi connectivity index (χ3n) is 4.11. The second kappa shape index (κ2) is 8.02. The Labute approximate surface area is 133 Å². The minimum atomic E-state index is 0.291. The first-order valence-corrected chi connectivity index (χ1v) is 8.42. The Hall–Kier alpha value is -0.770. The largest absolute Gasteiger partial charge is 0.375 e. The zero-order valence-electron chi connectivity index (χ0n) is 13.4. The zero-order chi connectivity index (χ0) is 15.2.